The van der Waals surface area contributed by atoms with Gasteiger partial charge in [0.1, 0.15) is 0 Å². The van der Waals surface area contributed by atoms with Gasteiger partial charge in [0.05, 0.1) is 19.1 Å². The van der Waals surface area contributed by atoms with Gasteiger partial charge in [-0.2, -0.15) is 0 Å². The molecule has 6 heteroatoms. The highest BCUT2D eigenvalue weighted by Crippen LogP contribution is 2.15. The molecule has 0 saturated carbocycles. The first kappa shape index (κ1) is 17.9. The number of carboxylic acid groups (broad SMARTS) is 1. The summed E-state index contributed by atoms with van der Waals surface area (Å²) < 4.78 is 5.52. The molecule has 0 aromatic carbocycles. The van der Waals surface area contributed by atoms with Gasteiger partial charge in [0.2, 0.25) is 5.91 Å². The van der Waals surface area contributed by atoms with E-state index in [1.807, 2.05) is 4.90 Å². The summed E-state index contributed by atoms with van der Waals surface area (Å²) in [5, 5.41) is 11.9. The van der Waals surface area contributed by atoms with Crippen LogP contribution in [0.15, 0.2) is 0 Å². The standard InChI is InChI=1S/C15H28N2O4/c1-12(2)16-8-3-4-14(18)17-9-5-13(6-10-17)21-11-7-15(19)20/h12-13,16H,3-11H2,1-2H3,(H,19,20). The zero-order valence-electron chi connectivity index (χ0n) is 13.1. The Balaban J connectivity index is 2.11. The van der Waals surface area contributed by atoms with Gasteiger partial charge in [-0.15, -0.1) is 0 Å². The first-order chi connectivity index (χ1) is 9.99. The molecule has 0 aromatic rings. The summed E-state index contributed by atoms with van der Waals surface area (Å²) in [4.78, 5) is 24.3. The minimum Gasteiger partial charge on any atom is -0.481 e. The molecule has 1 rings (SSSR count). The van der Waals surface area contributed by atoms with Crippen molar-refractivity contribution in [3.63, 3.8) is 0 Å². The number of nitrogens with zero attached hydrogens (tertiary/aromatic N) is 1. The summed E-state index contributed by atoms with van der Waals surface area (Å²) in [7, 11) is 0. The summed E-state index contributed by atoms with van der Waals surface area (Å²) >= 11 is 0. The largest absolute Gasteiger partial charge is 0.481 e. The van der Waals surface area contributed by atoms with E-state index in [4.69, 9.17) is 9.84 Å². The van der Waals surface area contributed by atoms with E-state index in [1.165, 1.54) is 0 Å². The third-order valence-corrected chi connectivity index (χ3v) is 3.58. The van der Waals surface area contributed by atoms with Gasteiger partial charge < -0.3 is 20.1 Å². The minimum absolute atomic E-state index is 0.0436. The lowest BCUT2D eigenvalue weighted by molar-refractivity contribution is -0.139. The van der Waals surface area contributed by atoms with E-state index in [9.17, 15) is 9.59 Å². The van der Waals surface area contributed by atoms with Crippen LogP contribution in [0, 0.1) is 0 Å². The number of amides is 1. The Morgan fingerprint density at radius 1 is 1.29 bits per heavy atom. The lowest BCUT2D eigenvalue weighted by Gasteiger charge is -2.32. The Hall–Kier alpha value is -1.14. The van der Waals surface area contributed by atoms with Crippen LogP contribution in [0.3, 0.4) is 0 Å². The normalized spacial score (nSPS) is 16.4. The van der Waals surface area contributed by atoms with Crippen molar-refractivity contribution in [3.05, 3.63) is 0 Å². The number of piperidine rings is 1. The molecule has 0 unspecified atom stereocenters. The summed E-state index contributed by atoms with van der Waals surface area (Å²) in [6, 6.07) is 0.457. The number of carbonyl (C=O) groups excluding carboxylic acids is 1. The van der Waals surface area contributed by atoms with E-state index in [2.05, 4.69) is 19.2 Å². The van der Waals surface area contributed by atoms with Crippen LogP contribution in [0.25, 0.3) is 0 Å². The second-order valence-electron chi connectivity index (χ2n) is 5.81. The van der Waals surface area contributed by atoms with E-state index in [0.717, 1.165) is 25.8 Å². The highest BCUT2D eigenvalue weighted by molar-refractivity contribution is 5.76. The summed E-state index contributed by atoms with van der Waals surface area (Å²) in [5.41, 5.74) is 0. The molecule has 1 amide bonds. The molecule has 0 atom stereocenters. The van der Waals surface area contributed by atoms with Gasteiger partial charge in [-0.3, -0.25) is 9.59 Å². The third kappa shape index (κ3) is 8.02. The van der Waals surface area contributed by atoms with Crippen LogP contribution >= 0.6 is 0 Å². The molecule has 0 bridgehead atoms. The predicted octanol–water partition coefficient (Wildman–Crippen LogP) is 1.25. The Bertz CT molecular complexity index is 326. The molecule has 1 aliphatic rings. The maximum absolute atomic E-state index is 12.0. The number of aliphatic carboxylic acids is 1. The average Bonchev–Trinajstić information content (AvgIpc) is 2.43. The van der Waals surface area contributed by atoms with E-state index in [0.29, 0.717) is 25.6 Å². The maximum Gasteiger partial charge on any atom is 0.305 e. The van der Waals surface area contributed by atoms with Crippen molar-refractivity contribution < 1.29 is 19.4 Å². The van der Waals surface area contributed by atoms with Crippen LogP contribution in [0.5, 0.6) is 0 Å². The Kier molecular flexibility index (Phi) is 8.30. The topological polar surface area (TPSA) is 78.9 Å². The number of nitrogens with one attached hydrogen (secondary N) is 1. The number of likely N-dealkylation sites (tertiary alicyclic amines) is 1. The average molecular weight is 300 g/mol. The zero-order chi connectivity index (χ0) is 15.7. The number of hydrogen-bond acceptors (Lipinski definition) is 4. The Morgan fingerprint density at radius 2 is 1.95 bits per heavy atom. The van der Waals surface area contributed by atoms with Crippen molar-refractivity contribution in [1.82, 2.24) is 10.2 Å². The first-order valence-electron chi connectivity index (χ1n) is 7.83. The highest BCUT2D eigenvalue weighted by Gasteiger charge is 2.22. The molecule has 6 nitrogen and oxygen atoms in total. The summed E-state index contributed by atoms with van der Waals surface area (Å²) in [5.74, 6) is -0.623. The quantitative estimate of drug-likeness (QED) is 0.627. The van der Waals surface area contributed by atoms with E-state index >= 15 is 0 Å². The van der Waals surface area contributed by atoms with Crippen LogP contribution in [0.4, 0.5) is 0 Å². The second-order valence-corrected chi connectivity index (χ2v) is 5.81. The lowest BCUT2D eigenvalue weighted by Crippen LogP contribution is -2.41. The van der Waals surface area contributed by atoms with Gasteiger partial charge in [0, 0.05) is 25.6 Å². The molecule has 0 aliphatic carbocycles. The molecule has 0 aromatic heterocycles. The number of rotatable bonds is 9. The number of hydrogen-bond donors (Lipinski definition) is 2. The monoisotopic (exact) mass is 300 g/mol. The van der Waals surface area contributed by atoms with Gasteiger partial charge in [-0.25, -0.2) is 0 Å². The molecular weight excluding hydrogens is 272 g/mol. The van der Waals surface area contributed by atoms with Crippen molar-refractivity contribution in [3.8, 4) is 0 Å². The highest BCUT2D eigenvalue weighted by atomic mass is 16.5. The van der Waals surface area contributed by atoms with Crippen LogP contribution in [0.2, 0.25) is 0 Å². The second kappa shape index (κ2) is 9.73. The van der Waals surface area contributed by atoms with Crippen molar-refractivity contribution in [2.45, 2.75) is 58.1 Å². The van der Waals surface area contributed by atoms with Crippen LogP contribution in [-0.4, -0.2) is 60.3 Å². The summed E-state index contributed by atoms with van der Waals surface area (Å²) in [6.07, 6.45) is 3.19. The van der Waals surface area contributed by atoms with E-state index in [1.54, 1.807) is 0 Å². The Labute approximate surface area is 126 Å². The van der Waals surface area contributed by atoms with Crippen molar-refractivity contribution >= 4 is 11.9 Å². The smallest absolute Gasteiger partial charge is 0.305 e. The van der Waals surface area contributed by atoms with Crippen LogP contribution < -0.4 is 5.32 Å². The zero-order valence-corrected chi connectivity index (χ0v) is 13.1. The van der Waals surface area contributed by atoms with Crippen molar-refractivity contribution in [2.75, 3.05) is 26.2 Å². The molecule has 0 radical (unpaired) electrons. The third-order valence-electron chi connectivity index (χ3n) is 3.58. The molecule has 2 N–H and O–H groups in total. The van der Waals surface area contributed by atoms with Gasteiger partial charge in [-0.1, -0.05) is 13.8 Å². The van der Waals surface area contributed by atoms with Gasteiger partial charge in [-0.05, 0) is 25.8 Å². The fraction of sp³-hybridized carbons (Fsp3) is 0.867. The predicted molar refractivity (Wildman–Crippen MR) is 80.2 cm³/mol. The SMILES string of the molecule is CC(C)NCCCC(=O)N1CCC(OCCC(=O)O)CC1. The summed E-state index contributed by atoms with van der Waals surface area (Å²) in [6.45, 7) is 6.75. The lowest BCUT2D eigenvalue weighted by atomic mass is 10.1. The fourth-order valence-corrected chi connectivity index (χ4v) is 2.37. The molecular formula is C15H28N2O4. The molecule has 1 aliphatic heterocycles. The first-order valence-corrected chi connectivity index (χ1v) is 7.83. The van der Waals surface area contributed by atoms with Gasteiger partial charge in [0.15, 0.2) is 0 Å². The van der Waals surface area contributed by atoms with E-state index < -0.39 is 5.97 Å². The Morgan fingerprint density at radius 3 is 2.52 bits per heavy atom. The number of ether oxygens (including phenoxy) is 1. The molecule has 0 spiro atoms. The van der Waals surface area contributed by atoms with Crippen molar-refractivity contribution in [2.24, 2.45) is 0 Å². The molecule has 1 saturated heterocycles. The minimum atomic E-state index is -0.836. The van der Waals surface area contributed by atoms with Gasteiger partial charge >= 0.3 is 5.97 Å². The fourth-order valence-electron chi connectivity index (χ4n) is 2.37. The molecule has 122 valence electrons. The van der Waals surface area contributed by atoms with Gasteiger partial charge in [0.25, 0.3) is 0 Å². The number of carboxylic acids is 1. The van der Waals surface area contributed by atoms with E-state index in [-0.39, 0.29) is 25.0 Å². The van der Waals surface area contributed by atoms with Crippen LogP contribution in [0.1, 0.15) is 46.0 Å². The van der Waals surface area contributed by atoms with Crippen molar-refractivity contribution in [1.29, 1.82) is 0 Å². The molecule has 1 heterocycles. The van der Waals surface area contributed by atoms with Crippen LogP contribution in [-0.2, 0) is 14.3 Å². The molecule has 21 heavy (non-hydrogen) atoms. The maximum atomic E-state index is 12.0. The molecule has 1 fully saturated rings. The number of carbonyl (C=O) groups is 2.